The van der Waals surface area contributed by atoms with Crippen molar-refractivity contribution in [3.05, 3.63) is 20.9 Å². The van der Waals surface area contributed by atoms with Crippen LogP contribution in [0.5, 0.6) is 0 Å². The molecule has 0 aromatic carbocycles. The molecule has 0 saturated carbocycles. The maximum Gasteiger partial charge on any atom is 0.280 e. The fourth-order valence-electron chi connectivity index (χ4n) is 1.44. The van der Waals surface area contributed by atoms with Crippen LogP contribution in [0.2, 0.25) is 0 Å². The number of aromatic nitrogens is 4. The molecule has 0 bridgehead atoms. The van der Waals surface area contributed by atoms with E-state index in [1.165, 1.54) is 4.57 Å². The summed E-state index contributed by atoms with van der Waals surface area (Å²) in [6, 6.07) is 0. The van der Waals surface area contributed by atoms with Crippen LogP contribution in [0.25, 0.3) is 11.2 Å². The number of aryl methyl sites for hydroxylation is 2. The Morgan fingerprint density at radius 3 is 2.64 bits per heavy atom. The molecule has 14 heavy (non-hydrogen) atoms. The summed E-state index contributed by atoms with van der Waals surface area (Å²) >= 11 is 5.09. The van der Waals surface area contributed by atoms with Crippen molar-refractivity contribution in [1.29, 1.82) is 0 Å². The van der Waals surface area contributed by atoms with Crippen LogP contribution in [-0.2, 0) is 14.1 Å². The molecule has 0 amide bonds. The van der Waals surface area contributed by atoms with Gasteiger partial charge in [0.1, 0.15) is 11.3 Å². The number of hydrogen-bond acceptors (Lipinski definition) is 3. The lowest BCUT2D eigenvalue weighted by atomic mass is 10.5. The fourth-order valence-corrected chi connectivity index (χ4v) is 1.61. The summed E-state index contributed by atoms with van der Waals surface area (Å²) < 4.78 is 3.61. The zero-order chi connectivity index (χ0) is 10.5. The minimum atomic E-state index is -0.135. The van der Waals surface area contributed by atoms with Gasteiger partial charge in [-0.15, -0.1) is 0 Å². The van der Waals surface area contributed by atoms with Gasteiger partial charge in [0.2, 0.25) is 0 Å². The Kier molecular flexibility index (Phi) is 1.81. The summed E-state index contributed by atoms with van der Waals surface area (Å²) in [5.74, 6) is 0.716. The third kappa shape index (κ3) is 1.04. The largest absolute Gasteiger partial charge is 0.336 e. The van der Waals surface area contributed by atoms with Crippen LogP contribution in [0.4, 0.5) is 0 Å². The van der Waals surface area contributed by atoms with Gasteiger partial charge >= 0.3 is 0 Å². The second-order valence-electron chi connectivity index (χ2n) is 3.23. The van der Waals surface area contributed by atoms with Crippen LogP contribution in [0.1, 0.15) is 5.82 Å². The second kappa shape index (κ2) is 2.78. The van der Waals surface area contributed by atoms with Gasteiger partial charge in [-0.05, 0) is 19.1 Å². The number of imidazole rings is 1. The molecule has 5 nitrogen and oxygen atoms in total. The van der Waals surface area contributed by atoms with Gasteiger partial charge in [-0.2, -0.15) is 0 Å². The van der Waals surface area contributed by atoms with Crippen molar-refractivity contribution in [2.24, 2.45) is 14.1 Å². The van der Waals surface area contributed by atoms with E-state index in [0.29, 0.717) is 21.8 Å². The molecule has 2 aromatic rings. The monoisotopic (exact) mass is 210 g/mol. The predicted octanol–water partition coefficient (Wildman–Crippen LogP) is 0.638. The summed E-state index contributed by atoms with van der Waals surface area (Å²) in [4.78, 5) is 18.9. The lowest BCUT2D eigenvalue weighted by Crippen LogP contribution is -2.21. The first-order valence-electron chi connectivity index (χ1n) is 4.14. The van der Waals surface area contributed by atoms with Crippen LogP contribution in [0, 0.1) is 11.7 Å². The van der Waals surface area contributed by atoms with E-state index in [-0.39, 0.29) is 5.56 Å². The first kappa shape index (κ1) is 9.14. The minimum absolute atomic E-state index is 0.135. The normalized spacial score (nSPS) is 11.1. The van der Waals surface area contributed by atoms with Gasteiger partial charge in [-0.1, -0.05) is 0 Å². The number of H-pyrrole nitrogens is 1. The van der Waals surface area contributed by atoms with Crippen LogP contribution in [0.3, 0.4) is 0 Å². The summed E-state index contributed by atoms with van der Waals surface area (Å²) in [6.45, 7) is 1.81. The number of nitrogens with one attached hydrogen (secondary N) is 1. The number of hydrogen-bond donors (Lipinski definition) is 1. The molecule has 0 aliphatic carbocycles. The van der Waals surface area contributed by atoms with Crippen molar-refractivity contribution < 1.29 is 0 Å². The molecule has 2 heterocycles. The van der Waals surface area contributed by atoms with Gasteiger partial charge in [0.05, 0.1) is 0 Å². The molecular formula is C8H10N4OS. The highest BCUT2D eigenvalue weighted by atomic mass is 32.1. The molecule has 0 saturated heterocycles. The number of nitrogens with zero attached hydrogens (tertiary/aromatic N) is 3. The van der Waals surface area contributed by atoms with Crippen LogP contribution >= 0.6 is 12.2 Å². The maximum atomic E-state index is 11.7. The SMILES string of the molecule is Cc1nc2c([nH]1)c(=O)n(C)c(=S)n2C. The van der Waals surface area contributed by atoms with Crippen LogP contribution in [-0.4, -0.2) is 19.1 Å². The Morgan fingerprint density at radius 2 is 2.00 bits per heavy atom. The first-order chi connectivity index (χ1) is 6.52. The van der Waals surface area contributed by atoms with Gasteiger partial charge in [0.25, 0.3) is 5.56 Å². The topological polar surface area (TPSA) is 55.6 Å². The summed E-state index contributed by atoms with van der Waals surface area (Å²) in [5, 5.41) is 0. The quantitative estimate of drug-likeness (QED) is 0.649. The van der Waals surface area contributed by atoms with E-state index in [9.17, 15) is 4.79 Å². The van der Waals surface area contributed by atoms with Gasteiger partial charge in [0, 0.05) is 14.1 Å². The molecule has 6 heteroatoms. The van der Waals surface area contributed by atoms with E-state index >= 15 is 0 Å². The average Bonchev–Trinajstić information content (AvgIpc) is 2.54. The van der Waals surface area contributed by atoms with E-state index in [0.717, 1.165) is 0 Å². The molecule has 0 aliphatic rings. The van der Waals surface area contributed by atoms with Gasteiger partial charge in [0.15, 0.2) is 10.4 Å². The Bertz CT molecular complexity index is 619. The number of aromatic amines is 1. The number of fused-ring (bicyclic) bond motifs is 1. The zero-order valence-corrected chi connectivity index (χ0v) is 8.97. The van der Waals surface area contributed by atoms with Crippen molar-refractivity contribution in [3.8, 4) is 0 Å². The van der Waals surface area contributed by atoms with Crippen molar-refractivity contribution in [3.63, 3.8) is 0 Å². The summed E-state index contributed by atoms with van der Waals surface area (Å²) in [7, 11) is 3.45. The second-order valence-corrected chi connectivity index (χ2v) is 3.59. The third-order valence-electron chi connectivity index (χ3n) is 2.21. The average molecular weight is 210 g/mol. The highest BCUT2D eigenvalue weighted by Gasteiger charge is 2.09. The molecule has 0 fully saturated rings. The molecule has 0 atom stereocenters. The molecule has 1 N–H and O–H groups in total. The van der Waals surface area contributed by atoms with Gasteiger partial charge < -0.3 is 9.55 Å². The van der Waals surface area contributed by atoms with Gasteiger partial charge in [-0.3, -0.25) is 9.36 Å². The Labute approximate surface area is 85.0 Å². The fraction of sp³-hybridized carbons (Fsp3) is 0.375. The minimum Gasteiger partial charge on any atom is -0.336 e. The maximum absolute atomic E-state index is 11.7. The smallest absolute Gasteiger partial charge is 0.280 e. The third-order valence-corrected chi connectivity index (χ3v) is 2.76. The van der Waals surface area contributed by atoms with E-state index in [1.54, 1.807) is 18.7 Å². The molecular weight excluding hydrogens is 200 g/mol. The molecule has 2 aromatic heterocycles. The molecule has 0 aliphatic heterocycles. The van der Waals surface area contributed by atoms with Gasteiger partial charge in [-0.25, -0.2) is 4.98 Å². The standard InChI is InChI=1S/C8H10N4OS/c1-4-9-5-6(10-4)11(2)8(14)12(3)7(5)13/h1-3H3,(H,9,10). The van der Waals surface area contributed by atoms with Crippen molar-refractivity contribution in [2.45, 2.75) is 6.92 Å². The van der Waals surface area contributed by atoms with Crippen LogP contribution < -0.4 is 5.56 Å². The number of rotatable bonds is 0. The zero-order valence-electron chi connectivity index (χ0n) is 8.16. The molecule has 0 radical (unpaired) electrons. The molecule has 0 unspecified atom stereocenters. The Morgan fingerprint density at radius 1 is 1.36 bits per heavy atom. The predicted molar refractivity (Wildman–Crippen MR) is 55.9 cm³/mol. The first-order valence-corrected chi connectivity index (χ1v) is 4.55. The van der Waals surface area contributed by atoms with Crippen LogP contribution in [0.15, 0.2) is 4.79 Å². The van der Waals surface area contributed by atoms with E-state index in [2.05, 4.69) is 9.97 Å². The Hall–Kier alpha value is -1.43. The van der Waals surface area contributed by atoms with E-state index in [1.807, 2.05) is 6.92 Å². The molecule has 74 valence electrons. The highest BCUT2D eigenvalue weighted by molar-refractivity contribution is 7.71. The van der Waals surface area contributed by atoms with E-state index in [4.69, 9.17) is 12.2 Å². The lowest BCUT2D eigenvalue weighted by molar-refractivity contribution is 0.741. The lowest BCUT2D eigenvalue weighted by Gasteiger charge is -2.03. The Balaban J connectivity index is 3.17. The highest BCUT2D eigenvalue weighted by Crippen LogP contribution is 2.05. The van der Waals surface area contributed by atoms with Crippen molar-refractivity contribution in [2.75, 3.05) is 0 Å². The molecule has 2 rings (SSSR count). The van der Waals surface area contributed by atoms with E-state index < -0.39 is 0 Å². The summed E-state index contributed by atoms with van der Waals surface area (Å²) in [5.41, 5.74) is 0.973. The van der Waals surface area contributed by atoms with Crippen molar-refractivity contribution >= 4 is 23.4 Å². The summed E-state index contributed by atoms with van der Waals surface area (Å²) in [6.07, 6.45) is 0. The van der Waals surface area contributed by atoms with Crippen molar-refractivity contribution in [1.82, 2.24) is 19.1 Å². The molecule has 0 spiro atoms.